The molecule has 5 amide bonds. The molecule has 6 aliphatic carbocycles. The van der Waals surface area contributed by atoms with E-state index in [0.717, 1.165) is 151 Å². The lowest BCUT2D eigenvalue weighted by molar-refractivity contribution is -0.141. The van der Waals surface area contributed by atoms with Crippen molar-refractivity contribution in [2.24, 2.45) is 10.3 Å². The average molecular weight is 2060 g/mol. The first-order valence-electron chi connectivity index (χ1n) is 44.0. The number of imide groups is 1. The number of oxime groups is 2. The smallest absolute Gasteiger partial charge is 0.331 e. The molecule has 0 fully saturated rings. The molecule has 0 saturated heterocycles. The van der Waals surface area contributed by atoms with E-state index in [9.17, 15) is 28.8 Å². The summed E-state index contributed by atoms with van der Waals surface area (Å²) in [6.45, 7) is 12.7. The molecular weight excluding hydrogens is 1960 g/mol. The van der Waals surface area contributed by atoms with Crippen molar-refractivity contribution in [3.05, 3.63) is 440 Å². The lowest BCUT2D eigenvalue weighted by atomic mass is 9.78. The Morgan fingerprint density at radius 2 is 0.537 bits per heavy atom. The van der Waals surface area contributed by atoms with Gasteiger partial charge in [0.05, 0.1) is 77.4 Å². The van der Waals surface area contributed by atoms with Crippen LogP contribution in [0, 0.1) is 0 Å². The number of nitrogens with zero attached hydrogens (tertiary/aromatic N) is 3. The Kier molecular flexibility index (Phi) is 37.5. The summed E-state index contributed by atoms with van der Waals surface area (Å²) in [6.07, 6.45) is 14.5. The van der Waals surface area contributed by atoms with Gasteiger partial charge in [0, 0.05) is 128 Å². The lowest BCUT2D eigenvalue weighted by Crippen LogP contribution is -2.33. The fourth-order valence-corrected chi connectivity index (χ4v) is 19.5. The molecule has 12 aromatic rings. The van der Waals surface area contributed by atoms with Gasteiger partial charge >= 0.3 is 5.97 Å². The maximum atomic E-state index is 12.0. The summed E-state index contributed by atoms with van der Waals surface area (Å²) < 4.78 is 0. The molecule has 14 nitrogen and oxygen atoms in total. The predicted octanol–water partition coefficient (Wildman–Crippen LogP) is 31.6. The van der Waals surface area contributed by atoms with E-state index in [-0.39, 0.29) is 65.0 Å². The van der Waals surface area contributed by atoms with E-state index in [4.69, 9.17) is 149 Å². The Bertz CT molecular complexity index is 6380. The zero-order valence-electron chi connectivity index (χ0n) is 75.4. The summed E-state index contributed by atoms with van der Waals surface area (Å²) in [5.74, 6) is 0.0245. The number of halogens is 12. The van der Waals surface area contributed by atoms with Crippen molar-refractivity contribution in [2.45, 2.75) is 142 Å². The molecule has 0 heterocycles. The summed E-state index contributed by atoms with van der Waals surface area (Å²) in [6, 6.07) is 82.6. The summed E-state index contributed by atoms with van der Waals surface area (Å²) in [5.41, 5.74) is 24.5. The van der Waals surface area contributed by atoms with Crippen LogP contribution in [0.3, 0.4) is 0 Å². The highest BCUT2D eigenvalue weighted by Gasteiger charge is 2.34. The van der Waals surface area contributed by atoms with Crippen molar-refractivity contribution >= 4 is 209 Å². The Morgan fingerprint density at radius 1 is 0.301 bits per heavy atom. The fraction of sp³-hybridized carbons (Fsp3) is 0.200. The third kappa shape index (κ3) is 26.0. The monoisotopic (exact) mass is 2050 g/mol. The van der Waals surface area contributed by atoms with Crippen molar-refractivity contribution in [1.29, 1.82) is 0 Å². The van der Waals surface area contributed by atoms with Gasteiger partial charge in [-0.05, 0) is 191 Å². The third-order valence-corrected chi connectivity index (χ3v) is 28.1. The van der Waals surface area contributed by atoms with Gasteiger partial charge in [-0.1, -0.05) is 370 Å². The fourth-order valence-electron chi connectivity index (χ4n) is 17.7. The number of carbonyl (C=O) groups is 6. The number of benzene rings is 12. The van der Waals surface area contributed by atoms with Crippen molar-refractivity contribution in [3.63, 3.8) is 0 Å². The second kappa shape index (κ2) is 49.0. The molecule has 0 spiro atoms. The first kappa shape index (κ1) is 104. The molecule has 6 atom stereocenters. The Balaban J connectivity index is 0.000000146. The van der Waals surface area contributed by atoms with Crippen molar-refractivity contribution in [3.8, 4) is 0 Å². The molecule has 0 radical (unpaired) electrons. The van der Waals surface area contributed by atoms with E-state index in [0.29, 0.717) is 72.4 Å². The maximum absolute atomic E-state index is 12.0. The van der Waals surface area contributed by atoms with Gasteiger partial charge in [0.2, 0.25) is 29.5 Å². The van der Waals surface area contributed by atoms with E-state index in [1.807, 2.05) is 238 Å². The van der Waals surface area contributed by atoms with Crippen LogP contribution in [-0.2, 0) is 33.6 Å². The minimum atomic E-state index is -0.415. The molecule has 26 heteroatoms. The number of nitrogens with one attached hydrogen (secondary N) is 3. The van der Waals surface area contributed by atoms with Gasteiger partial charge in [0.25, 0.3) is 0 Å². The molecule has 6 aliphatic rings. The molecule has 0 aliphatic heterocycles. The highest BCUT2D eigenvalue weighted by atomic mass is 35.5. The van der Waals surface area contributed by atoms with E-state index in [2.05, 4.69) is 74.8 Å². The van der Waals surface area contributed by atoms with Crippen molar-refractivity contribution < 1.29 is 38.8 Å². The molecule has 0 unspecified atom stereocenters. The standard InChI is InChI=1S/C20H17Cl2NO2.C18H15Cl2NO2.3C18H15Cl2NO.C16H13Cl2NO.C2H6/c1-12(24)23(13(2)25)20-10-8-15(16-5-3-4-6-17(16)20)14-7-9-18(21)19(22)11-14;1-11(22)23-21-18-9-7-13(14-4-2-3-5-15(14)18)12-6-8-16(19)17(20)10-12;3*1-11(22)21-18-9-7-13(14-4-2-3-5-15(14)18)12-6-8-16(19)17(20)10-12;17-14-7-5-10(9-15(14)18)11-6-8-16(19-20)13-4-2-1-3-12(11)13;1-2/h3-7,9-11,15H,8H2,1-2H3;2-6,8,10,13H,7,9H2,1H3;3*2-6,8-10,13H,7H2,1H3,(H,21,22);1-5,7,9,11,20H,6,8H2;1-2H3/b;21-18+;;;;;/t15-;4*13-;11-;/m000000./s1. The van der Waals surface area contributed by atoms with E-state index in [1.165, 1.54) is 68.7 Å². The van der Waals surface area contributed by atoms with Gasteiger partial charge in [-0.15, -0.1) is 0 Å². The number of carbonyl (C=O) groups excluding carboxylic acids is 6. The zero-order chi connectivity index (χ0) is 97.7. The minimum absolute atomic E-state index is 0.0611. The number of rotatable bonds is 11. The first-order chi connectivity index (χ1) is 65.3. The number of hydrogen-bond acceptors (Lipinski definition) is 10. The normalized spacial score (nSPS) is 17.1. The van der Waals surface area contributed by atoms with Crippen LogP contribution in [-0.4, -0.2) is 57.0 Å². The highest BCUT2D eigenvalue weighted by molar-refractivity contribution is 6.44. The molecule has 12 aromatic carbocycles. The van der Waals surface area contributed by atoms with Gasteiger partial charge in [-0.25, -0.2) is 4.79 Å². The highest BCUT2D eigenvalue weighted by Crippen LogP contribution is 2.48. The van der Waals surface area contributed by atoms with Gasteiger partial charge in [-0.3, -0.25) is 28.9 Å². The van der Waals surface area contributed by atoms with Crippen molar-refractivity contribution in [2.75, 3.05) is 0 Å². The van der Waals surface area contributed by atoms with Gasteiger partial charge < -0.3 is 26.0 Å². The summed E-state index contributed by atoms with van der Waals surface area (Å²) in [7, 11) is 0. The SMILES string of the molecule is CC.CC(=O)N(C(C)=O)C1=CC[C@@H](c2ccc(Cl)c(Cl)c2)c2ccccc21.CC(=O)NC1=CC[C@@H](c2ccc(Cl)c(Cl)c2)c2ccccc21.CC(=O)NC1=CC[C@@H](c2ccc(Cl)c(Cl)c2)c2ccccc21.CC(=O)NC1=CC[C@@H](c2ccc(Cl)c(Cl)c2)c2ccccc21.CC(=O)O/N=C1\CC[C@@H](c2ccc(Cl)c(Cl)c2)c2ccccc21.ON=C1CC[C@@H](c2ccc(Cl)c(Cl)c2)c2ccccc21. The van der Waals surface area contributed by atoms with Crippen molar-refractivity contribution in [1.82, 2.24) is 20.9 Å². The maximum Gasteiger partial charge on any atom is 0.331 e. The summed E-state index contributed by atoms with van der Waals surface area (Å²) >= 11 is 73.0. The largest absolute Gasteiger partial charge is 0.411 e. The van der Waals surface area contributed by atoms with Crippen LogP contribution in [0.5, 0.6) is 0 Å². The van der Waals surface area contributed by atoms with Crippen LogP contribution in [0.4, 0.5) is 0 Å². The topological polar surface area (TPSA) is 196 Å². The number of amides is 5. The molecule has 136 heavy (non-hydrogen) atoms. The van der Waals surface area contributed by atoms with Crippen LogP contribution in [0.2, 0.25) is 60.3 Å². The third-order valence-electron chi connectivity index (χ3n) is 23.6. The minimum Gasteiger partial charge on any atom is -0.411 e. The molecular formula is C110H96Cl12N6O8. The Labute approximate surface area is 853 Å². The van der Waals surface area contributed by atoms with Gasteiger partial charge in [-0.2, -0.15) is 0 Å². The summed E-state index contributed by atoms with van der Waals surface area (Å²) in [5, 5.41) is 31.9. The van der Waals surface area contributed by atoms with Crippen LogP contribution < -0.4 is 16.0 Å². The lowest BCUT2D eigenvalue weighted by Gasteiger charge is -2.30. The number of allylic oxidation sites excluding steroid dienone is 4. The predicted molar refractivity (Wildman–Crippen MR) is 560 cm³/mol. The van der Waals surface area contributed by atoms with Gasteiger partial charge in [0.15, 0.2) is 0 Å². The molecule has 698 valence electrons. The van der Waals surface area contributed by atoms with Crippen LogP contribution >= 0.6 is 139 Å². The molecule has 0 aromatic heterocycles. The first-order valence-corrected chi connectivity index (χ1v) is 48.5. The van der Waals surface area contributed by atoms with Crippen LogP contribution in [0.25, 0.3) is 22.8 Å². The number of hydrogen-bond donors (Lipinski definition) is 4. The molecule has 0 saturated carbocycles. The van der Waals surface area contributed by atoms with Gasteiger partial charge in [0.1, 0.15) is 0 Å². The molecule has 18 rings (SSSR count). The zero-order valence-corrected chi connectivity index (χ0v) is 84.4. The molecule has 4 N–H and O–H groups in total. The van der Waals surface area contributed by atoms with E-state index < -0.39 is 5.97 Å². The van der Waals surface area contributed by atoms with Crippen LogP contribution in [0.1, 0.15) is 242 Å². The second-order valence-corrected chi connectivity index (χ2v) is 37.3. The summed E-state index contributed by atoms with van der Waals surface area (Å²) in [4.78, 5) is 75.1. The quantitative estimate of drug-likeness (QED) is 0.0557. The Morgan fingerprint density at radius 3 is 0.801 bits per heavy atom. The molecule has 0 bridgehead atoms. The van der Waals surface area contributed by atoms with E-state index in [1.54, 1.807) is 6.07 Å². The van der Waals surface area contributed by atoms with Crippen LogP contribution in [0.15, 0.2) is 289 Å². The average Bonchev–Trinajstić information content (AvgIpc) is 0.770. The second-order valence-electron chi connectivity index (χ2n) is 32.4. The Hall–Kier alpha value is -10.8. The number of fused-ring (bicyclic) bond motifs is 6. The van der Waals surface area contributed by atoms with E-state index >= 15 is 0 Å².